The lowest BCUT2D eigenvalue weighted by atomic mass is 10.2. The zero-order chi connectivity index (χ0) is 9.40. The largest absolute Gasteiger partial charge is 0.375 e. The Bertz CT molecular complexity index is 152. The molecule has 0 aromatic carbocycles. The predicted molar refractivity (Wildman–Crippen MR) is 52.2 cm³/mol. The molecule has 0 saturated heterocycles. The highest BCUT2D eigenvalue weighted by atomic mass is 32.1. The first-order valence-electron chi connectivity index (χ1n) is 3.98. The Morgan fingerprint density at radius 3 is 2.75 bits per heavy atom. The first-order chi connectivity index (χ1) is 5.70. The number of amides is 1. The van der Waals surface area contributed by atoms with Gasteiger partial charge in [0, 0.05) is 6.54 Å². The van der Waals surface area contributed by atoms with Crippen LogP contribution in [0.3, 0.4) is 0 Å². The second kappa shape index (κ2) is 6.84. The van der Waals surface area contributed by atoms with Crippen molar-refractivity contribution in [2.75, 3.05) is 6.54 Å². The van der Waals surface area contributed by atoms with Gasteiger partial charge in [-0.05, 0) is 18.6 Å². The zero-order valence-electron chi connectivity index (χ0n) is 7.25. The third kappa shape index (κ3) is 5.91. The van der Waals surface area contributed by atoms with Gasteiger partial charge < -0.3 is 5.73 Å². The Morgan fingerprint density at radius 2 is 2.33 bits per heavy atom. The smallest absolute Gasteiger partial charge is 0.228 e. The zero-order valence-corrected chi connectivity index (χ0v) is 8.06. The van der Waals surface area contributed by atoms with Gasteiger partial charge >= 0.3 is 0 Å². The van der Waals surface area contributed by atoms with Crippen molar-refractivity contribution in [1.82, 2.24) is 10.4 Å². The summed E-state index contributed by atoms with van der Waals surface area (Å²) in [6.07, 6.45) is 3.88. The summed E-state index contributed by atoms with van der Waals surface area (Å²) in [4.78, 5) is 10.4. The summed E-state index contributed by atoms with van der Waals surface area (Å²) < 4.78 is 0. The van der Waals surface area contributed by atoms with Crippen molar-refractivity contribution < 1.29 is 4.79 Å². The summed E-state index contributed by atoms with van der Waals surface area (Å²) in [6.45, 7) is 2.75. The summed E-state index contributed by atoms with van der Waals surface area (Å²) in [5, 5.41) is 1.48. The van der Waals surface area contributed by atoms with Crippen LogP contribution in [0.4, 0.5) is 0 Å². The molecule has 0 atom stereocenters. The van der Waals surface area contributed by atoms with Crippen molar-refractivity contribution >= 4 is 23.7 Å². The topological polar surface area (TPSA) is 58.4 Å². The fourth-order valence-corrected chi connectivity index (χ4v) is 0.926. The highest BCUT2D eigenvalue weighted by Crippen LogP contribution is 1.94. The van der Waals surface area contributed by atoms with Crippen LogP contribution in [0.5, 0.6) is 0 Å². The summed E-state index contributed by atoms with van der Waals surface area (Å²) in [5.74, 6) is 0. The van der Waals surface area contributed by atoms with Gasteiger partial charge in [-0.25, -0.2) is 0 Å². The van der Waals surface area contributed by atoms with Gasteiger partial charge in [-0.15, -0.1) is 0 Å². The average molecular weight is 189 g/mol. The van der Waals surface area contributed by atoms with Gasteiger partial charge in [0.2, 0.25) is 6.41 Å². The van der Waals surface area contributed by atoms with Crippen LogP contribution in [0.25, 0.3) is 0 Å². The fraction of sp³-hybridized carbons (Fsp3) is 0.714. The normalized spacial score (nSPS) is 9.08. The fourth-order valence-electron chi connectivity index (χ4n) is 0.809. The van der Waals surface area contributed by atoms with E-state index in [1.807, 2.05) is 0 Å². The van der Waals surface area contributed by atoms with Gasteiger partial charge in [-0.2, -0.15) is 0 Å². The number of nitrogens with zero attached hydrogens (tertiary/aromatic N) is 1. The number of unbranched alkanes of at least 4 members (excludes halogenated alkanes) is 2. The van der Waals surface area contributed by atoms with Crippen molar-refractivity contribution in [1.29, 1.82) is 0 Å². The Kier molecular flexibility index (Phi) is 6.37. The molecule has 0 aliphatic heterocycles. The maximum Gasteiger partial charge on any atom is 0.228 e. The van der Waals surface area contributed by atoms with E-state index in [1.54, 1.807) is 0 Å². The number of hydrogen-bond acceptors (Lipinski definition) is 2. The van der Waals surface area contributed by atoms with E-state index in [1.165, 1.54) is 5.01 Å². The molecule has 0 aliphatic rings. The molecule has 0 fully saturated rings. The van der Waals surface area contributed by atoms with Crippen molar-refractivity contribution in [3.63, 3.8) is 0 Å². The molecule has 0 spiro atoms. The lowest BCUT2D eigenvalue weighted by Gasteiger charge is -2.17. The van der Waals surface area contributed by atoms with Crippen LogP contribution in [0.1, 0.15) is 26.2 Å². The van der Waals surface area contributed by atoms with E-state index in [9.17, 15) is 4.79 Å². The molecular formula is C7H15N3OS. The van der Waals surface area contributed by atoms with Gasteiger partial charge in [0.15, 0.2) is 5.11 Å². The third-order valence-electron chi connectivity index (χ3n) is 1.38. The van der Waals surface area contributed by atoms with Crippen LogP contribution >= 0.6 is 12.2 Å². The van der Waals surface area contributed by atoms with E-state index in [4.69, 9.17) is 5.73 Å². The molecule has 4 nitrogen and oxygen atoms in total. The van der Waals surface area contributed by atoms with Crippen molar-refractivity contribution in [2.24, 2.45) is 5.73 Å². The molecule has 1 amide bonds. The van der Waals surface area contributed by atoms with E-state index >= 15 is 0 Å². The second-order valence-electron chi connectivity index (χ2n) is 2.48. The maximum absolute atomic E-state index is 10.4. The minimum atomic E-state index is 0.124. The predicted octanol–water partition coefficient (Wildman–Crippen LogP) is 0.383. The van der Waals surface area contributed by atoms with E-state index in [-0.39, 0.29) is 5.11 Å². The lowest BCUT2D eigenvalue weighted by molar-refractivity contribution is -0.119. The number of hydrazine groups is 1. The van der Waals surface area contributed by atoms with Crippen molar-refractivity contribution in [3.8, 4) is 0 Å². The quantitative estimate of drug-likeness (QED) is 0.274. The molecule has 12 heavy (non-hydrogen) atoms. The number of carbonyl (C=O) groups excluding carboxylic acids is 1. The van der Waals surface area contributed by atoms with Crippen LogP contribution < -0.4 is 11.2 Å². The van der Waals surface area contributed by atoms with Gasteiger partial charge in [0.1, 0.15) is 0 Å². The number of nitrogens with one attached hydrogen (secondary N) is 1. The molecule has 0 unspecified atom stereocenters. The number of rotatable bonds is 6. The lowest BCUT2D eigenvalue weighted by Crippen LogP contribution is -2.44. The molecule has 0 aromatic heterocycles. The molecule has 0 radical (unpaired) electrons. The van der Waals surface area contributed by atoms with Gasteiger partial charge in [-0.1, -0.05) is 19.8 Å². The summed E-state index contributed by atoms with van der Waals surface area (Å²) in [7, 11) is 0. The molecular weight excluding hydrogens is 174 g/mol. The number of hydrogen-bond donors (Lipinski definition) is 2. The molecule has 0 aliphatic carbocycles. The molecule has 0 saturated carbocycles. The first kappa shape index (κ1) is 11.2. The standard InChI is InChI=1S/C7H15N3OS/c1-2-3-4-5-10(6-11)9-7(8)12/h6H,2-5H2,1H3,(H3,8,9,12). The maximum atomic E-state index is 10.4. The van der Waals surface area contributed by atoms with Crippen LogP contribution in [-0.2, 0) is 4.79 Å². The minimum absolute atomic E-state index is 0.124. The van der Waals surface area contributed by atoms with E-state index in [0.717, 1.165) is 19.3 Å². The van der Waals surface area contributed by atoms with Gasteiger partial charge in [-0.3, -0.25) is 15.2 Å². The van der Waals surface area contributed by atoms with Gasteiger partial charge in [0.25, 0.3) is 0 Å². The van der Waals surface area contributed by atoms with E-state index in [0.29, 0.717) is 13.0 Å². The average Bonchev–Trinajstić information content (AvgIpc) is 2.02. The Labute approximate surface area is 78.1 Å². The Hall–Kier alpha value is -0.840. The highest BCUT2D eigenvalue weighted by Gasteiger charge is 1.99. The Balaban J connectivity index is 3.53. The molecule has 0 bridgehead atoms. The van der Waals surface area contributed by atoms with Gasteiger partial charge in [0.05, 0.1) is 0 Å². The minimum Gasteiger partial charge on any atom is -0.375 e. The molecule has 5 heteroatoms. The Morgan fingerprint density at radius 1 is 1.67 bits per heavy atom. The van der Waals surface area contributed by atoms with E-state index in [2.05, 4.69) is 24.6 Å². The SMILES string of the molecule is CCCCCN(C=O)NC(N)=S. The number of carbonyl (C=O) groups is 1. The first-order valence-corrected chi connectivity index (χ1v) is 4.39. The van der Waals surface area contributed by atoms with Crippen LogP contribution in [-0.4, -0.2) is 23.1 Å². The van der Waals surface area contributed by atoms with Crippen molar-refractivity contribution in [2.45, 2.75) is 26.2 Å². The highest BCUT2D eigenvalue weighted by molar-refractivity contribution is 7.80. The molecule has 3 N–H and O–H groups in total. The van der Waals surface area contributed by atoms with Crippen LogP contribution in [0, 0.1) is 0 Å². The summed E-state index contributed by atoms with van der Waals surface area (Å²) in [6, 6.07) is 0. The molecule has 0 heterocycles. The number of nitrogens with two attached hydrogens (primary N) is 1. The second-order valence-corrected chi connectivity index (χ2v) is 2.92. The summed E-state index contributed by atoms with van der Waals surface area (Å²) >= 11 is 4.58. The monoisotopic (exact) mass is 189 g/mol. The number of thiocarbonyl (C=S) groups is 1. The molecule has 70 valence electrons. The molecule has 0 aromatic rings. The van der Waals surface area contributed by atoms with Crippen LogP contribution in [0.15, 0.2) is 0 Å². The molecule has 0 rings (SSSR count). The van der Waals surface area contributed by atoms with Crippen LogP contribution in [0.2, 0.25) is 0 Å². The third-order valence-corrected chi connectivity index (χ3v) is 1.47. The van der Waals surface area contributed by atoms with E-state index < -0.39 is 0 Å². The summed E-state index contributed by atoms with van der Waals surface area (Å²) in [5.41, 5.74) is 7.76. The van der Waals surface area contributed by atoms with Crippen molar-refractivity contribution in [3.05, 3.63) is 0 Å².